The van der Waals surface area contributed by atoms with Gasteiger partial charge in [-0.25, -0.2) is 4.98 Å². The number of imidazole rings is 1. The smallest absolute Gasteiger partial charge is 0.254 e. The van der Waals surface area contributed by atoms with Gasteiger partial charge in [-0.05, 0) is 25.1 Å². The predicted molar refractivity (Wildman–Crippen MR) is 76.9 cm³/mol. The Balaban J connectivity index is 1.83. The van der Waals surface area contributed by atoms with Crippen LogP contribution < -0.4 is 5.32 Å². The Morgan fingerprint density at radius 2 is 2.35 bits per heavy atom. The molecule has 1 saturated heterocycles. The van der Waals surface area contributed by atoms with Crippen LogP contribution in [0, 0.1) is 0 Å². The summed E-state index contributed by atoms with van der Waals surface area (Å²) in [6.07, 6.45) is 5.33. The quantitative estimate of drug-likeness (QED) is 0.895. The zero-order valence-electron chi connectivity index (χ0n) is 11.5. The average Bonchev–Trinajstić information content (AvgIpc) is 3.01. The molecule has 1 N–H and O–H groups in total. The number of amides is 1. The number of rotatable bonds is 2. The molecule has 20 heavy (non-hydrogen) atoms. The SMILES string of the molecule is C[C@H]1CN(C(=O)c2cccc(-n3ccnc3)c2)CCN1. The Hall–Kier alpha value is -2.14. The van der Waals surface area contributed by atoms with Gasteiger partial charge in [0.15, 0.2) is 0 Å². The number of piperazine rings is 1. The Morgan fingerprint density at radius 3 is 3.10 bits per heavy atom. The number of nitrogens with one attached hydrogen (secondary N) is 1. The summed E-state index contributed by atoms with van der Waals surface area (Å²) in [7, 11) is 0. The lowest BCUT2D eigenvalue weighted by Gasteiger charge is -2.32. The Morgan fingerprint density at radius 1 is 1.45 bits per heavy atom. The molecule has 1 aliphatic heterocycles. The zero-order valence-corrected chi connectivity index (χ0v) is 11.5. The molecule has 0 aliphatic carbocycles. The molecule has 104 valence electrons. The maximum atomic E-state index is 12.5. The van der Waals surface area contributed by atoms with E-state index < -0.39 is 0 Å². The summed E-state index contributed by atoms with van der Waals surface area (Å²) in [5, 5.41) is 3.35. The summed E-state index contributed by atoms with van der Waals surface area (Å²) in [5.74, 6) is 0.0975. The van der Waals surface area contributed by atoms with Crippen LogP contribution in [0.5, 0.6) is 0 Å². The van der Waals surface area contributed by atoms with E-state index in [0.29, 0.717) is 6.04 Å². The second kappa shape index (κ2) is 5.46. The number of hydrogen-bond donors (Lipinski definition) is 1. The average molecular weight is 270 g/mol. The lowest BCUT2D eigenvalue weighted by atomic mass is 10.1. The fourth-order valence-electron chi connectivity index (χ4n) is 2.51. The molecule has 5 nitrogen and oxygen atoms in total. The Kier molecular flexibility index (Phi) is 3.52. The summed E-state index contributed by atoms with van der Waals surface area (Å²) in [6.45, 7) is 4.47. The molecule has 1 aromatic carbocycles. The van der Waals surface area contributed by atoms with Crippen molar-refractivity contribution >= 4 is 5.91 Å². The van der Waals surface area contributed by atoms with Gasteiger partial charge in [0, 0.05) is 49.3 Å². The highest BCUT2D eigenvalue weighted by molar-refractivity contribution is 5.94. The maximum absolute atomic E-state index is 12.5. The van der Waals surface area contributed by atoms with Gasteiger partial charge in [0.25, 0.3) is 5.91 Å². The van der Waals surface area contributed by atoms with Crippen LogP contribution >= 0.6 is 0 Å². The van der Waals surface area contributed by atoms with Crippen molar-refractivity contribution in [1.29, 1.82) is 0 Å². The molecule has 2 heterocycles. The van der Waals surface area contributed by atoms with Gasteiger partial charge in [-0.3, -0.25) is 4.79 Å². The summed E-state index contributed by atoms with van der Waals surface area (Å²) < 4.78 is 1.90. The van der Waals surface area contributed by atoms with Crippen molar-refractivity contribution in [3.05, 3.63) is 48.5 Å². The molecular formula is C15H18N4O. The second-order valence-electron chi connectivity index (χ2n) is 5.13. The molecule has 1 aliphatic rings. The normalized spacial score (nSPS) is 19.1. The number of carbonyl (C=O) groups is 1. The Bertz CT molecular complexity index is 594. The zero-order chi connectivity index (χ0) is 13.9. The largest absolute Gasteiger partial charge is 0.336 e. The van der Waals surface area contributed by atoms with E-state index in [4.69, 9.17) is 0 Å². The van der Waals surface area contributed by atoms with Crippen molar-refractivity contribution in [2.24, 2.45) is 0 Å². The first-order valence-electron chi connectivity index (χ1n) is 6.85. The first-order chi connectivity index (χ1) is 9.74. The van der Waals surface area contributed by atoms with Gasteiger partial charge < -0.3 is 14.8 Å². The molecule has 0 spiro atoms. The van der Waals surface area contributed by atoms with Gasteiger partial charge in [0.2, 0.25) is 0 Å². The van der Waals surface area contributed by atoms with Crippen molar-refractivity contribution in [3.63, 3.8) is 0 Å². The van der Waals surface area contributed by atoms with Gasteiger partial charge >= 0.3 is 0 Å². The highest BCUT2D eigenvalue weighted by Crippen LogP contribution is 2.13. The summed E-state index contributed by atoms with van der Waals surface area (Å²) in [5.41, 5.74) is 1.68. The van der Waals surface area contributed by atoms with E-state index in [1.807, 2.05) is 39.9 Å². The first-order valence-corrected chi connectivity index (χ1v) is 6.85. The van der Waals surface area contributed by atoms with Crippen molar-refractivity contribution < 1.29 is 4.79 Å². The van der Waals surface area contributed by atoms with E-state index in [9.17, 15) is 4.79 Å². The van der Waals surface area contributed by atoms with E-state index in [1.165, 1.54) is 0 Å². The van der Waals surface area contributed by atoms with E-state index in [0.717, 1.165) is 30.9 Å². The molecular weight excluding hydrogens is 252 g/mol. The van der Waals surface area contributed by atoms with Crippen LogP contribution in [-0.2, 0) is 0 Å². The third kappa shape index (κ3) is 2.58. The van der Waals surface area contributed by atoms with Crippen molar-refractivity contribution in [2.45, 2.75) is 13.0 Å². The van der Waals surface area contributed by atoms with Gasteiger partial charge in [-0.2, -0.15) is 0 Å². The lowest BCUT2D eigenvalue weighted by molar-refractivity contribution is 0.0709. The van der Waals surface area contributed by atoms with Gasteiger partial charge in [-0.15, -0.1) is 0 Å². The van der Waals surface area contributed by atoms with Crippen LogP contribution in [0.2, 0.25) is 0 Å². The third-order valence-electron chi connectivity index (χ3n) is 3.55. The van der Waals surface area contributed by atoms with Crippen LogP contribution in [0.25, 0.3) is 5.69 Å². The molecule has 1 amide bonds. The third-order valence-corrected chi connectivity index (χ3v) is 3.55. The monoisotopic (exact) mass is 270 g/mol. The summed E-state index contributed by atoms with van der Waals surface area (Å²) >= 11 is 0. The molecule has 1 atom stereocenters. The fraction of sp³-hybridized carbons (Fsp3) is 0.333. The Labute approximate surface area is 118 Å². The second-order valence-corrected chi connectivity index (χ2v) is 5.13. The summed E-state index contributed by atoms with van der Waals surface area (Å²) in [4.78, 5) is 18.5. The van der Waals surface area contributed by atoms with Gasteiger partial charge in [0.1, 0.15) is 0 Å². The van der Waals surface area contributed by atoms with Gasteiger partial charge in [-0.1, -0.05) is 6.07 Å². The maximum Gasteiger partial charge on any atom is 0.254 e. The minimum Gasteiger partial charge on any atom is -0.336 e. The van der Waals surface area contributed by atoms with Crippen molar-refractivity contribution in [3.8, 4) is 5.69 Å². The molecule has 1 aromatic heterocycles. The van der Waals surface area contributed by atoms with Gasteiger partial charge in [0.05, 0.1) is 6.33 Å². The van der Waals surface area contributed by atoms with Crippen LogP contribution in [0.4, 0.5) is 0 Å². The molecule has 5 heteroatoms. The van der Waals surface area contributed by atoms with Crippen LogP contribution in [0.1, 0.15) is 17.3 Å². The molecule has 0 saturated carbocycles. The van der Waals surface area contributed by atoms with E-state index >= 15 is 0 Å². The number of carbonyl (C=O) groups excluding carboxylic acids is 1. The lowest BCUT2D eigenvalue weighted by Crippen LogP contribution is -2.51. The van der Waals surface area contributed by atoms with E-state index in [2.05, 4.69) is 17.2 Å². The number of benzene rings is 1. The highest BCUT2D eigenvalue weighted by Gasteiger charge is 2.21. The number of hydrogen-bond acceptors (Lipinski definition) is 3. The summed E-state index contributed by atoms with van der Waals surface area (Å²) in [6, 6.07) is 8.02. The minimum atomic E-state index is 0.0975. The van der Waals surface area contributed by atoms with Crippen molar-refractivity contribution in [1.82, 2.24) is 19.8 Å². The van der Waals surface area contributed by atoms with Crippen LogP contribution in [0.3, 0.4) is 0 Å². The molecule has 2 aromatic rings. The van der Waals surface area contributed by atoms with E-state index in [-0.39, 0.29) is 5.91 Å². The number of aromatic nitrogens is 2. The molecule has 1 fully saturated rings. The molecule has 0 unspecified atom stereocenters. The first kappa shape index (κ1) is 12.9. The standard InChI is InChI=1S/C15H18N4O/c1-12-10-18(8-6-17-12)15(20)13-3-2-4-14(9-13)19-7-5-16-11-19/h2-5,7,9,11-12,17H,6,8,10H2,1H3/t12-/m0/s1. The molecule has 0 radical (unpaired) electrons. The predicted octanol–water partition coefficient (Wildman–Crippen LogP) is 1.31. The minimum absolute atomic E-state index is 0.0975. The highest BCUT2D eigenvalue weighted by atomic mass is 16.2. The van der Waals surface area contributed by atoms with Crippen molar-refractivity contribution in [2.75, 3.05) is 19.6 Å². The molecule has 0 bridgehead atoms. The van der Waals surface area contributed by atoms with Crippen LogP contribution in [0.15, 0.2) is 43.0 Å². The van der Waals surface area contributed by atoms with E-state index in [1.54, 1.807) is 12.5 Å². The number of nitrogens with zero attached hydrogens (tertiary/aromatic N) is 3. The topological polar surface area (TPSA) is 50.2 Å². The fourth-order valence-corrected chi connectivity index (χ4v) is 2.51. The van der Waals surface area contributed by atoms with Crippen LogP contribution in [-0.4, -0.2) is 46.0 Å². The molecule has 3 rings (SSSR count).